The van der Waals surface area contributed by atoms with Crippen LogP contribution >= 0.6 is 23.5 Å². The molecule has 0 fully saturated rings. The SMILES string of the molecule is CC(C)(C)c1cc2c3c(c1)Sc1c(ccc4c1C(C)(C)c1ccccc1-4)B3c1ccc3c(c1S2)C(C)(C)c1ccccc1-3. The smallest absolute Gasteiger partial charge is 0.0908 e. The largest absolute Gasteiger partial charge is 0.247 e. The van der Waals surface area contributed by atoms with Crippen molar-refractivity contribution in [3.8, 4) is 22.3 Å². The number of benzene rings is 5. The maximum Gasteiger partial charge on any atom is 0.247 e. The van der Waals surface area contributed by atoms with Gasteiger partial charge in [-0.25, -0.2) is 0 Å². The van der Waals surface area contributed by atoms with Gasteiger partial charge in [0.1, 0.15) is 0 Å². The summed E-state index contributed by atoms with van der Waals surface area (Å²) in [6, 6.07) is 33.0. The molecule has 2 heterocycles. The normalized spacial score (nSPS) is 17.3. The minimum absolute atomic E-state index is 0.0416. The fourth-order valence-corrected chi connectivity index (χ4v) is 11.6. The molecule has 0 spiro atoms. The molecule has 2 aliphatic heterocycles. The molecule has 2 aliphatic carbocycles. The van der Waals surface area contributed by atoms with Crippen LogP contribution in [0.5, 0.6) is 0 Å². The topological polar surface area (TPSA) is 0 Å². The zero-order valence-corrected chi connectivity index (χ0v) is 27.6. The minimum Gasteiger partial charge on any atom is -0.0908 e. The third-order valence-corrected chi connectivity index (χ3v) is 13.1. The van der Waals surface area contributed by atoms with Gasteiger partial charge >= 0.3 is 0 Å². The van der Waals surface area contributed by atoms with Crippen molar-refractivity contribution in [1.29, 1.82) is 0 Å². The highest BCUT2D eigenvalue weighted by Gasteiger charge is 2.47. The van der Waals surface area contributed by atoms with Crippen LogP contribution in [0.2, 0.25) is 0 Å². The molecule has 0 unspecified atom stereocenters. The summed E-state index contributed by atoms with van der Waals surface area (Å²) >= 11 is 4.07. The predicted octanol–water partition coefficient (Wildman–Crippen LogP) is 9.04. The van der Waals surface area contributed by atoms with Gasteiger partial charge < -0.3 is 0 Å². The van der Waals surface area contributed by atoms with Crippen molar-refractivity contribution >= 4 is 46.6 Å². The second-order valence-corrected chi connectivity index (χ2v) is 17.0. The van der Waals surface area contributed by atoms with Crippen molar-refractivity contribution in [2.75, 3.05) is 0 Å². The highest BCUT2D eigenvalue weighted by atomic mass is 32.2. The van der Waals surface area contributed by atoms with Crippen molar-refractivity contribution < 1.29 is 0 Å². The second kappa shape index (κ2) is 8.31. The van der Waals surface area contributed by atoms with Crippen LogP contribution in [-0.4, -0.2) is 6.71 Å². The third kappa shape index (κ3) is 3.28. The summed E-state index contributed by atoms with van der Waals surface area (Å²) < 4.78 is 0. The van der Waals surface area contributed by atoms with Crippen molar-refractivity contribution in [2.45, 2.75) is 84.3 Å². The standard InChI is InChI=1S/C40H35BS2/c1-38(2,3)22-20-31-35-32(21-22)43-37-30(19-17-26-24-13-9-11-15-28(24)40(6,7)34(26)37)41(35)29-18-16-25-23-12-8-10-14-27(23)39(4,5)33(25)36(29)42-31/h8-21H,1-7H3. The molecule has 0 radical (unpaired) electrons. The lowest BCUT2D eigenvalue weighted by Crippen LogP contribution is -2.58. The van der Waals surface area contributed by atoms with Gasteiger partial charge in [0.25, 0.3) is 0 Å². The van der Waals surface area contributed by atoms with Crippen LogP contribution in [0.4, 0.5) is 0 Å². The van der Waals surface area contributed by atoms with E-state index in [0.29, 0.717) is 0 Å². The number of rotatable bonds is 0. The van der Waals surface area contributed by atoms with Crippen LogP contribution in [-0.2, 0) is 16.2 Å². The molecule has 210 valence electrons. The molecule has 3 heteroatoms. The molecule has 0 aromatic heterocycles. The molecule has 0 saturated carbocycles. The molecule has 0 bridgehead atoms. The van der Waals surface area contributed by atoms with Crippen LogP contribution in [0.1, 0.15) is 76.3 Å². The van der Waals surface area contributed by atoms with Gasteiger partial charge in [0.05, 0.1) is 0 Å². The average molecular weight is 591 g/mol. The second-order valence-electron chi connectivity index (χ2n) is 14.9. The highest BCUT2D eigenvalue weighted by Crippen LogP contribution is 2.56. The summed E-state index contributed by atoms with van der Waals surface area (Å²) in [5.41, 5.74) is 17.5. The Hall–Kier alpha value is -3.14. The van der Waals surface area contributed by atoms with E-state index >= 15 is 0 Å². The Balaban J connectivity index is 1.36. The number of fused-ring (bicyclic) bond motifs is 12. The van der Waals surface area contributed by atoms with Crippen molar-refractivity contribution in [3.63, 3.8) is 0 Å². The molecular weight excluding hydrogens is 555 g/mol. The Labute approximate surface area is 264 Å². The van der Waals surface area contributed by atoms with E-state index in [9.17, 15) is 0 Å². The Kier molecular flexibility index (Phi) is 5.08. The fraction of sp³-hybridized carbons (Fsp3) is 0.250. The first-order valence-electron chi connectivity index (χ1n) is 15.6. The van der Waals surface area contributed by atoms with E-state index in [-0.39, 0.29) is 23.0 Å². The summed E-state index contributed by atoms with van der Waals surface area (Å²) in [7, 11) is 0. The molecular formula is C40H35BS2. The minimum atomic E-state index is -0.0416. The Morgan fingerprint density at radius 2 is 1.00 bits per heavy atom. The summed E-state index contributed by atoms with van der Waals surface area (Å²) in [5, 5.41) is 0. The van der Waals surface area contributed by atoms with Gasteiger partial charge in [-0.2, -0.15) is 0 Å². The van der Waals surface area contributed by atoms with Crippen LogP contribution in [0.15, 0.2) is 105 Å². The van der Waals surface area contributed by atoms with Gasteiger partial charge in [-0.15, -0.1) is 0 Å². The lowest BCUT2D eigenvalue weighted by atomic mass is 9.36. The monoisotopic (exact) mass is 590 g/mol. The molecule has 0 N–H and O–H groups in total. The van der Waals surface area contributed by atoms with Crippen LogP contribution in [0.3, 0.4) is 0 Å². The zero-order chi connectivity index (χ0) is 29.6. The molecule has 0 amide bonds. The molecule has 0 saturated heterocycles. The van der Waals surface area contributed by atoms with E-state index in [2.05, 4.69) is 133 Å². The van der Waals surface area contributed by atoms with Crippen molar-refractivity contribution in [3.05, 3.63) is 113 Å². The predicted molar refractivity (Wildman–Crippen MR) is 186 cm³/mol. The summed E-state index contributed by atoms with van der Waals surface area (Å²) in [4.78, 5) is 5.85. The molecule has 0 nitrogen and oxygen atoms in total. The van der Waals surface area contributed by atoms with E-state index in [0.717, 1.165) is 0 Å². The zero-order valence-electron chi connectivity index (χ0n) is 26.0. The maximum absolute atomic E-state index is 2.52. The van der Waals surface area contributed by atoms with Gasteiger partial charge in [-0.3, -0.25) is 0 Å². The lowest BCUT2D eigenvalue weighted by Gasteiger charge is -2.38. The van der Waals surface area contributed by atoms with Gasteiger partial charge in [0.2, 0.25) is 6.71 Å². The van der Waals surface area contributed by atoms with Crippen LogP contribution in [0.25, 0.3) is 22.3 Å². The molecule has 5 aromatic rings. The first-order valence-corrected chi connectivity index (χ1v) is 17.2. The Morgan fingerprint density at radius 1 is 0.558 bits per heavy atom. The molecule has 5 aromatic carbocycles. The lowest BCUT2D eigenvalue weighted by molar-refractivity contribution is 0.587. The summed E-state index contributed by atoms with van der Waals surface area (Å²) in [6.07, 6.45) is 0. The highest BCUT2D eigenvalue weighted by molar-refractivity contribution is 8.01. The summed E-state index contributed by atoms with van der Waals surface area (Å²) in [6.45, 7) is 17.0. The van der Waals surface area contributed by atoms with Crippen LogP contribution in [0, 0.1) is 0 Å². The van der Waals surface area contributed by atoms with Crippen molar-refractivity contribution in [2.24, 2.45) is 0 Å². The van der Waals surface area contributed by atoms with E-state index < -0.39 is 0 Å². The van der Waals surface area contributed by atoms with E-state index in [1.165, 1.54) is 86.0 Å². The van der Waals surface area contributed by atoms with E-state index in [1.807, 2.05) is 23.5 Å². The molecule has 4 aliphatic rings. The van der Waals surface area contributed by atoms with E-state index in [1.54, 1.807) is 0 Å². The fourth-order valence-electron chi connectivity index (χ4n) is 8.54. The Morgan fingerprint density at radius 3 is 1.44 bits per heavy atom. The number of hydrogen-bond donors (Lipinski definition) is 0. The molecule has 9 rings (SSSR count). The molecule has 0 atom stereocenters. The maximum atomic E-state index is 2.52. The first kappa shape index (κ1) is 26.3. The van der Waals surface area contributed by atoms with Gasteiger partial charge in [-0.05, 0) is 73.1 Å². The quantitative estimate of drug-likeness (QED) is 0.162. The van der Waals surface area contributed by atoms with Crippen molar-refractivity contribution in [1.82, 2.24) is 0 Å². The van der Waals surface area contributed by atoms with Gasteiger partial charge in [-0.1, -0.05) is 156 Å². The molecule has 43 heavy (non-hydrogen) atoms. The van der Waals surface area contributed by atoms with E-state index in [4.69, 9.17) is 0 Å². The van der Waals surface area contributed by atoms with Crippen LogP contribution < -0.4 is 16.4 Å². The third-order valence-electron chi connectivity index (χ3n) is 10.7. The number of hydrogen-bond acceptors (Lipinski definition) is 2. The van der Waals surface area contributed by atoms with Gasteiger partial charge in [0, 0.05) is 30.4 Å². The van der Waals surface area contributed by atoms with Gasteiger partial charge in [0.15, 0.2) is 0 Å². The average Bonchev–Trinajstić information content (AvgIpc) is 3.36. The summed E-state index contributed by atoms with van der Waals surface area (Å²) in [5.74, 6) is 0. The Bertz CT molecular complexity index is 1940. The first-order chi connectivity index (χ1) is 20.5.